The van der Waals surface area contributed by atoms with Crippen LogP contribution in [0.4, 0.5) is 5.95 Å². The van der Waals surface area contributed by atoms with Gasteiger partial charge in [0.25, 0.3) is 0 Å². The van der Waals surface area contributed by atoms with Crippen LogP contribution in [0.3, 0.4) is 0 Å². The lowest BCUT2D eigenvalue weighted by atomic mass is 10.4. The van der Waals surface area contributed by atoms with Crippen molar-refractivity contribution in [2.45, 2.75) is 6.54 Å². The van der Waals surface area contributed by atoms with Crippen molar-refractivity contribution in [2.24, 2.45) is 7.05 Å². The molecule has 2 heterocycles. The van der Waals surface area contributed by atoms with Crippen LogP contribution in [0.5, 0.6) is 0 Å². The lowest BCUT2D eigenvalue weighted by molar-refractivity contribution is 0.387. The second-order valence-corrected chi connectivity index (χ2v) is 2.46. The first kappa shape index (κ1) is 7.71. The molecule has 13 heavy (non-hydrogen) atoms. The van der Waals surface area contributed by atoms with Crippen molar-refractivity contribution in [2.75, 3.05) is 5.32 Å². The van der Waals surface area contributed by atoms with Crippen LogP contribution in [0.25, 0.3) is 0 Å². The number of anilines is 1. The van der Waals surface area contributed by atoms with Gasteiger partial charge in [0, 0.05) is 13.1 Å². The minimum Gasteiger partial charge on any atom is -0.360 e. The molecule has 0 aliphatic rings. The van der Waals surface area contributed by atoms with Gasteiger partial charge in [0.1, 0.15) is 0 Å². The third kappa shape index (κ3) is 1.63. The van der Waals surface area contributed by atoms with Crippen molar-refractivity contribution in [3.63, 3.8) is 0 Å². The number of hydrogen-bond acceptors (Lipinski definition) is 6. The Balaban J connectivity index is 1.97. The number of aromatic nitrogens is 5. The summed E-state index contributed by atoms with van der Waals surface area (Å²) in [5.41, 5.74) is 0. The van der Waals surface area contributed by atoms with Gasteiger partial charge < -0.3 is 9.84 Å². The van der Waals surface area contributed by atoms with Crippen LogP contribution in [-0.2, 0) is 13.6 Å². The fraction of sp³-hybridized carbons (Fsp3) is 0.333. The number of nitrogens with one attached hydrogen (secondary N) is 1. The number of rotatable bonds is 3. The third-order valence-corrected chi connectivity index (χ3v) is 1.53. The van der Waals surface area contributed by atoms with Gasteiger partial charge in [0.15, 0.2) is 5.76 Å². The highest BCUT2D eigenvalue weighted by molar-refractivity contribution is 5.21. The number of nitrogens with zero attached hydrogens (tertiary/aromatic N) is 5. The van der Waals surface area contributed by atoms with Crippen LogP contribution >= 0.6 is 0 Å². The molecule has 0 fully saturated rings. The first-order valence-electron chi connectivity index (χ1n) is 3.72. The predicted octanol–water partition coefficient (Wildman–Crippen LogP) is -0.190. The molecule has 7 nitrogen and oxygen atoms in total. The van der Waals surface area contributed by atoms with Crippen LogP contribution in [0, 0.1) is 0 Å². The first-order valence-corrected chi connectivity index (χ1v) is 3.72. The standard InChI is InChI=1S/C6H8N6O/c1-12-6(9-10-11-12)7-4-5-2-3-8-13-5/h2-3H,4H2,1H3,(H,7,9,11). The van der Waals surface area contributed by atoms with Crippen LogP contribution in [0.1, 0.15) is 5.76 Å². The van der Waals surface area contributed by atoms with Crippen molar-refractivity contribution >= 4 is 5.95 Å². The van der Waals surface area contributed by atoms with E-state index in [0.717, 1.165) is 5.76 Å². The molecular formula is C6H8N6O. The molecule has 0 saturated heterocycles. The third-order valence-electron chi connectivity index (χ3n) is 1.53. The molecule has 2 rings (SSSR count). The van der Waals surface area contributed by atoms with Crippen LogP contribution in [0.15, 0.2) is 16.8 Å². The molecule has 0 unspecified atom stereocenters. The molecule has 0 amide bonds. The first-order chi connectivity index (χ1) is 6.36. The summed E-state index contributed by atoms with van der Waals surface area (Å²) in [5.74, 6) is 1.33. The lowest BCUT2D eigenvalue weighted by Crippen LogP contribution is -2.04. The van der Waals surface area contributed by atoms with E-state index in [1.807, 2.05) is 0 Å². The van der Waals surface area contributed by atoms with E-state index < -0.39 is 0 Å². The summed E-state index contributed by atoms with van der Waals surface area (Å²) in [6.45, 7) is 0.522. The zero-order valence-corrected chi connectivity index (χ0v) is 7.01. The zero-order chi connectivity index (χ0) is 9.10. The quantitative estimate of drug-likeness (QED) is 0.705. The average Bonchev–Trinajstić information content (AvgIpc) is 2.72. The van der Waals surface area contributed by atoms with Crippen molar-refractivity contribution in [3.05, 3.63) is 18.0 Å². The van der Waals surface area contributed by atoms with E-state index in [1.165, 1.54) is 4.68 Å². The Morgan fingerprint density at radius 3 is 3.15 bits per heavy atom. The second kappa shape index (κ2) is 3.21. The van der Waals surface area contributed by atoms with E-state index >= 15 is 0 Å². The summed E-state index contributed by atoms with van der Waals surface area (Å²) in [6.07, 6.45) is 1.59. The summed E-state index contributed by atoms with van der Waals surface area (Å²) >= 11 is 0. The van der Waals surface area contributed by atoms with Crippen molar-refractivity contribution in [1.29, 1.82) is 0 Å². The molecule has 0 atom stereocenters. The maximum Gasteiger partial charge on any atom is 0.243 e. The maximum absolute atomic E-state index is 4.88. The molecule has 0 bridgehead atoms. The average molecular weight is 180 g/mol. The van der Waals surface area contributed by atoms with Crippen LogP contribution < -0.4 is 5.32 Å². The zero-order valence-electron chi connectivity index (χ0n) is 7.01. The molecular weight excluding hydrogens is 172 g/mol. The lowest BCUT2D eigenvalue weighted by Gasteiger charge is -1.99. The Morgan fingerprint density at radius 2 is 2.54 bits per heavy atom. The highest BCUT2D eigenvalue weighted by Gasteiger charge is 2.01. The highest BCUT2D eigenvalue weighted by atomic mass is 16.5. The van der Waals surface area contributed by atoms with Gasteiger partial charge in [0.2, 0.25) is 5.95 Å². The topological polar surface area (TPSA) is 81.7 Å². The fourth-order valence-corrected chi connectivity index (χ4v) is 0.879. The molecule has 7 heteroatoms. The van der Waals surface area contributed by atoms with Gasteiger partial charge in [-0.05, 0) is 10.4 Å². The predicted molar refractivity (Wildman–Crippen MR) is 42.6 cm³/mol. The molecule has 1 N–H and O–H groups in total. The van der Waals surface area contributed by atoms with Crippen molar-refractivity contribution < 1.29 is 4.52 Å². The van der Waals surface area contributed by atoms with Gasteiger partial charge in [-0.2, -0.15) is 0 Å². The summed E-state index contributed by atoms with van der Waals surface area (Å²) in [6, 6.07) is 1.77. The minimum absolute atomic E-state index is 0.522. The Hall–Kier alpha value is -1.92. The van der Waals surface area contributed by atoms with Crippen molar-refractivity contribution in [1.82, 2.24) is 25.4 Å². The maximum atomic E-state index is 4.88. The van der Waals surface area contributed by atoms with Crippen LogP contribution in [0.2, 0.25) is 0 Å². The molecule has 0 spiro atoms. The Labute approximate surface area is 73.7 Å². The Morgan fingerprint density at radius 1 is 1.62 bits per heavy atom. The molecule has 2 aromatic heterocycles. The molecule has 0 aromatic carbocycles. The SMILES string of the molecule is Cn1nnnc1NCc1ccno1. The largest absolute Gasteiger partial charge is 0.360 e. The highest BCUT2D eigenvalue weighted by Crippen LogP contribution is 2.01. The van der Waals surface area contributed by atoms with E-state index in [9.17, 15) is 0 Å². The van der Waals surface area contributed by atoms with Gasteiger partial charge in [0.05, 0.1) is 12.7 Å². The summed E-state index contributed by atoms with van der Waals surface area (Å²) in [7, 11) is 1.75. The van der Waals surface area contributed by atoms with Crippen LogP contribution in [-0.4, -0.2) is 25.4 Å². The number of aryl methyl sites for hydroxylation is 1. The van der Waals surface area contributed by atoms with E-state index in [1.54, 1.807) is 19.3 Å². The number of tetrazole rings is 1. The molecule has 68 valence electrons. The fourth-order valence-electron chi connectivity index (χ4n) is 0.879. The summed E-state index contributed by atoms with van der Waals surface area (Å²) in [5, 5.41) is 17.4. The van der Waals surface area contributed by atoms with E-state index in [-0.39, 0.29) is 0 Å². The van der Waals surface area contributed by atoms with Gasteiger partial charge >= 0.3 is 0 Å². The monoisotopic (exact) mass is 180 g/mol. The number of hydrogen-bond donors (Lipinski definition) is 1. The van der Waals surface area contributed by atoms with Gasteiger partial charge in [-0.3, -0.25) is 0 Å². The second-order valence-electron chi connectivity index (χ2n) is 2.46. The van der Waals surface area contributed by atoms with Gasteiger partial charge in [-0.25, -0.2) is 4.68 Å². The van der Waals surface area contributed by atoms with Crippen molar-refractivity contribution in [3.8, 4) is 0 Å². The van der Waals surface area contributed by atoms with E-state index in [2.05, 4.69) is 26.0 Å². The van der Waals surface area contributed by atoms with E-state index in [4.69, 9.17) is 4.52 Å². The Bertz CT molecular complexity index is 366. The van der Waals surface area contributed by atoms with E-state index in [0.29, 0.717) is 12.5 Å². The summed E-state index contributed by atoms with van der Waals surface area (Å²) in [4.78, 5) is 0. The van der Waals surface area contributed by atoms with Gasteiger partial charge in [-0.1, -0.05) is 10.3 Å². The summed E-state index contributed by atoms with van der Waals surface area (Å²) < 4.78 is 6.42. The molecule has 0 radical (unpaired) electrons. The molecule has 0 saturated carbocycles. The molecule has 2 aromatic rings. The van der Waals surface area contributed by atoms with Gasteiger partial charge in [-0.15, -0.1) is 0 Å². The molecule has 0 aliphatic carbocycles. The minimum atomic E-state index is 0.522. The molecule has 0 aliphatic heterocycles. The smallest absolute Gasteiger partial charge is 0.243 e. The Kier molecular flexibility index (Phi) is 1.91. The normalized spacial score (nSPS) is 10.2.